The number of rotatable bonds is 4. The lowest BCUT2D eigenvalue weighted by atomic mass is 10.1. The maximum atomic E-state index is 11.5. The van der Waals surface area contributed by atoms with Gasteiger partial charge in [0.25, 0.3) is 0 Å². The third-order valence-electron chi connectivity index (χ3n) is 2.62. The van der Waals surface area contributed by atoms with E-state index in [0.29, 0.717) is 6.42 Å². The van der Waals surface area contributed by atoms with Crippen LogP contribution in [0.15, 0.2) is 18.2 Å². The summed E-state index contributed by atoms with van der Waals surface area (Å²) in [6.07, 6.45) is 1.20. The summed E-state index contributed by atoms with van der Waals surface area (Å²) >= 11 is 0. The number of carbonyl (C=O) groups is 1. The molecule has 3 nitrogen and oxygen atoms in total. The number of anilines is 1. The number of amides is 1. The molecule has 0 spiro atoms. The molecule has 0 aliphatic heterocycles. The minimum Gasteiger partial charge on any atom is -0.328 e. The van der Waals surface area contributed by atoms with Crippen molar-refractivity contribution in [3.05, 3.63) is 29.3 Å². The molecule has 0 saturated heterocycles. The zero-order valence-corrected chi connectivity index (χ0v) is 10.2. The average molecular weight is 220 g/mol. The first kappa shape index (κ1) is 12.7. The minimum absolute atomic E-state index is 0.0283. The summed E-state index contributed by atoms with van der Waals surface area (Å²) in [6.45, 7) is 5.99. The Morgan fingerprint density at radius 1 is 1.38 bits per heavy atom. The molecule has 1 aromatic carbocycles. The van der Waals surface area contributed by atoms with E-state index in [0.717, 1.165) is 12.1 Å². The lowest BCUT2D eigenvalue weighted by Gasteiger charge is -2.08. The topological polar surface area (TPSA) is 55.1 Å². The van der Waals surface area contributed by atoms with Gasteiger partial charge in [-0.1, -0.05) is 6.07 Å². The normalized spacial score (nSPS) is 12.2. The number of nitrogens with one attached hydrogen (secondary N) is 1. The Balaban J connectivity index is 2.53. The van der Waals surface area contributed by atoms with Crippen molar-refractivity contribution < 1.29 is 4.79 Å². The smallest absolute Gasteiger partial charge is 0.224 e. The van der Waals surface area contributed by atoms with E-state index in [1.54, 1.807) is 0 Å². The second kappa shape index (κ2) is 5.66. The standard InChI is InChI=1S/C13H20N2O/c1-9-4-6-12(8-10(9)2)15-13(16)7-5-11(3)14/h4,6,8,11H,5,7,14H2,1-3H3,(H,15,16). The summed E-state index contributed by atoms with van der Waals surface area (Å²) in [6, 6.07) is 5.99. The van der Waals surface area contributed by atoms with Gasteiger partial charge in [-0.25, -0.2) is 0 Å². The molecule has 0 aromatic heterocycles. The van der Waals surface area contributed by atoms with Crippen molar-refractivity contribution in [3.63, 3.8) is 0 Å². The fourth-order valence-corrected chi connectivity index (χ4v) is 1.40. The summed E-state index contributed by atoms with van der Waals surface area (Å²) in [4.78, 5) is 11.5. The van der Waals surface area contributed by atoms with Crippen molar-refractivity contribution in [2.24, 2.45) is 5.73 Å². The van der Waals surface area contributed by atoms with Gasteiger partial charge in [-0.05, 0) is 50.5 Å². The lowest BCUT2D eigenvalue weighted by Crippen LogP contribution is -2.19. The van der Waals surface area contributed by atoms with Gasteiger partial charge in [0, 0.05) is 18.2 Å². The van der Waals surface area contributed by atoms with Crippen LogP contribution in [-0.2, 0) is 4.79 Å². The highest BCUT2D eigenvalue weighted by molar-refractivity contribution is 5.90. The van der Waals surface area contributed by atoms with E-state index in [-0.39, 0.29) is 11.9 Å². The Hall–Kier alpha value is -1.35. The van der Waals surface area contributed by atoms with Crippen LogP contribution in [0.3, 0.4) is 0 Å². The van der Waals surface area contributed by atoms with Crippen molar-refractivity contribution in [2.75, 3.05) is 5.32 Å². The molecule has 0 aliphatic carbocycles. The molecule has 1 unspecified atom stereocenters. The molecule has 1 aromatic rings. The Morgan fingerprint density at radius 2 is 2.06 bits per heavy atom. The van der Waals surface area contributed by atoms with Crippen LogP contribution in [0.2, 0.25) is 0 Å². The Bertz CT molecular complexity index is 372. The second-order valence-corrected chi connectivity index (χ2v) is 4.36. The molecule has 0 heterocycles. The quantitative estimate of drug-likeness (QED) is 0.818. The van der Waals surface area contributed by atoms with Gasteiger partial charge in [-0.15, -0.1) is 0 Å². The van der Waals surface area contributed by atoms with Gasteiger partial charge in [0.05, 0.1) is 0 Å². The molecule has 88 valence electrons. The Morgan fingerprint density at radius 3 is 2.62 bits per heavy atom. The maximum absolute atomic E-state index is 11.5. The van der Waals surface area contributed by atoms with E-state index in [1.165, 1.54) is 11.1 Å². The van der Waals surface area contributed by atoms with Crippen LogP contribution in [0, 0.1) is 13.8 Å². The molecule has 3 heteroatoms. The van der Waals surface area contributed by atoms with E-state index >= 15 is 0 Å². The number of hydrogen-bond donors (Lipinski definition) is 2. The van der Waals surface area contributed by atoms with Crippen LogP contribution in [0.5, 0.6) is 0 Å². The van der Waals surface area contributed by atoms with Gasteiger partial charge < -0.3 is 11.1 Å². The number of carbonyl (C=O) groups excluding carboxylic acids is 1. The predicted octanol–water partition coefficient (Wildman–Crippen LogP) is 2.37. The Labute approximate surface area is 97.0 Å². The summed E-state index contributed by atoms with van der Waals surface area (Å²) in [5.74, 6) is 0.0283. The molecule has 1 atom stereocenters. The first-order valence-electron chi connectivity index (χ1n) is 5.61. The molecular weight excluding hydrogens is 200 g/mol. The summed E-state index contributed by atoms with van der Waals surface area (Å²) < 4.78 is 0. The second-order valence-electron chi connectivity index (χ2n) is 4.36. The highest BCUT2D eigenvalue weighted by Crippen LogP contribution is 2.14. The zero-order valence-electron chi connectivity index (χ0n) is 10.2. The van der Waals surface area contributed by atoms with Crippen LogP contribution < -0.4 is 11.1 Å². The summed E-state index contributed by atoms with van der Waals surface area (Å²) in [5, 5.41) is 2.87. The average Bonchev–Trinajstić information content (AvgIpc) is 2.21. The van der Waals surface area contributed by atoms with Crippen molar-refractivity contribution in [1.82, 2.24) is 0 Å². The largest absolute Gasteiger partial charge is 0.328 e. The first-order chi connectivity index (χ1) is 7.49. The number of benzene rings is 1. The van der Waals surface area contributed by atoms with Crippen molar-refractivity contribution in [1.29, 1.82) is 0 Å². The monoisotopic (exact) mass is 220 g/mol. The highest BCUT2D eigenvalue weighted by Gasteiger charge is 2.04. The van der Waals surface area contributed by atoms with Gasteiger partial charge in [0.15, 0.2) is 0 Å². The molecule has 3 N–H and O–H groups in total. The fraction of sp³-hybridized carbons (Fsp3) is 0.462. The van der Waals surface area contributed by atoms with E-state index in [4.69, 9.17) is 5.73 Å². The number of hydrogen-bond acceptors (Lipinski definition) is 2. The summed E-state index contributed by atoms with van der Waals surface area (Å²) in [5.41, 5.74) is 8.87. The van der Waals surface area contributed by atoms with E-state index in [1.807, 2.05) is 32.0 Å². The van der Waals surface area contributed by atoms with E-state index in [9.17, 15) is 4.79 Å². The zero-order chi connectivity index (χ0) is 12.1. The third kappa shape index (κ3) is 4.03. The molecule has 0 radical (unpaired) electrons. The van der Waals surface area contributed by atoms with E-state index < -0.39 is 0 Å². The van der Waals surface area contributed by atoms with Crippen molar-refractivity contribution >= 4 is 11.6 Å². The summed E-state index contributed by atoms with van der Waals surface area (Å²) in [7, 11) is 0. The van der Waals surface area contributed by atoms with Crippen molar-refractivity contribution in [3.8, 4) is 0 Å². The molecule has 0 bridgehead atoms. The number of aryl methyl sites for hydroxylation is 2. The molecule has 1 rings (SSSR count). The molecule has 0 saturated carbocycles. The molecule has 1 amide bonds. The molecule has 16 heavy (non-hydrogen) atoms. The number of nitrogens with two attached hydrogens (primary N) is 1. The van der Waals surface area contributed by atoms with Crippen molar-refractivity contribution in [2.45, 2.75) is 39.7 Å². The lowest BCUT2D eigenvalue weighted by molar-refractivity contribution is -0.116. The molecular formula is C13H20N2O. The SMILES string of the molecule is Cc1ccc(NC(=O)CCC(C)N)cc1C. The van der Waals surface area contributed by atoms with Gasteiger partial charge in [-0.2, -0.15) is 0 Å². The predicted molar refractivity (Wildman–Crippen MR) is 67.4 cm³/mol. The van der Waals surface area contributed by atoms with Crippen LogP contribution in [0.1, 0.15) is 30.9 Å². The highest BCUT2D eigenvalue weighted by atomic mass is 16.1. The third-order valence-corrected chi connectivity index (χ3v) is 2.62. The van der Waals surface area contributed by atoms with Crippen LogP contribution in [-0.4, -0.2) is 11.9 Å². The molecule has 0 fully saturated rings. The van der Waals surface area contributed by atoms with Crippen LogP contribution in [0.4, 0.5) is 5.69 Å². The van der Waals surface area contributed by atoms with Crippen LogP contribution in [0.25, 0.3) is 0 Å². The van der Waals surface area contributed by atoms with Gasteiger partial charge in [0.2, 0.25) is 5.91 Å². The van der Waals surface area contributed by atoms with Gasteiger partial charge in [0.1, 0.15) is 0 Å². The first-order valence-corrected chi connectivity index (χ1v) is 5.61. The molecule has 0 aliphatic rings. The fourth-order valence-electron chi connectivity index (χ4n) is 1.40. The van der Waals surface area contributed by atoms with Gasteiger partial charge in [-0.3, -0.25) is 4.79 Å². The minimum atomic E-state index is 0.0283. The maximum Gasteiger partial charge on any atom is 0.224 e. The van der Waals surface area contributed by atoms with Gasteiger partial charge >= 0.3 is 0 Å². The Kier molecular flexibility index (Phi) is 4.50. The van der Waals surface area contributed by atoms with Crippen LogP contribution >= 0.6 is 0 Å². The van der Waals surface area contributed by atoms with E-state index in [2.05, 4.69) is 12.2 Å².